The predicted molar refractivity (Wildman–Crippen MR) is 74.8 cm³/mol. The van der Waals surface area contributed by atoms with E-state index in [1.807, 2.05) is 31.2 Å². The van der Waals surface area contributed by atoms with Crippen molar-refractivity contribution in [3.8, 4) is 5.75 Å². The van der Waals surface area contributed by atoms with Crippen molar-refractivity contribution in [2.75, 3.05) is 6.61 Å². The summed E-state index contributed by atoms with van der Waals surface area (Å²) in [5, 5.41) is 4.13. The van der Waals surface area contributed by atoms with Gasteiger partial charge in [-0.05, 0) is 19.4 Å². The normalized spacial score (nSPS) is 20.2. The van der Waals surface area contributed by atoms with Crippen LogP contribution in [0.2, 0.25) is 0 Å². The maximum Gasteiger partial charge on any atom is 0.231 e. The monoisotopic (exact) mass is 273 g/mol. The summed E-state index contributed by atoms with van der Waals surface area (Å²) in [6.07, 6.45) is 0.886. The Morgan fingerprint density at radius 3 is 2.95 bits per heavy atom. The van der Waals surface area contributed by atoms with Crippen LogP contribution in [0, 0.1) is 0 Å². The average Bonchev–Trinajstić information content (AvgIpc) is 3.05. The first-order valence-electron chi connectivity index (χ1n) is 7.01. The molecule has 2 N–H and O–H groups in total. The Morgan fingerprint density at radius 1 is 1.40 bits per heavy atom. The second-order valence-electron chi connectivity index (χ2n) is 5.27. The van der Waals surface area contributed by atoms with Crippen LogP contribution in [0.5, 0.6) is 5.75 Å². The van der Waals surface area contributed by atoms with E-state index in [9.17, 15) is 0 Å². The van der Waals surface area contributed by atoms with E-state index in [0.717, 1.165) is 17.7 Å². The third-order valence-electron chi connectivity index (χ3n) is 3.86. The van der Waals surface area contributed by atoms with Gasteiger partial charge in [0.1, 0.15) is 12.4 Å². The van der Waals surface area contributed by atoms with Gasteiger partial charge in [-0.1, -0.05) is 30.3 Å². The molecule has 0 radical (unpaired) electrons. The number of nitrogens with zero attached hydrogens (tertiary/aromatic N) is 2. The van der Waals surface area contributed by atoms with Gasteiger partial charge in [0.15, 0.2) is 5.82 Å². The minimum absolute atomic E-state index is 0.000384. The van der Waals surface area contributed by atoms with Gasteiger partial charge < -0.3 is 15.0 Å². The minimum atomic E-state index is 0.000384. The van der Waals surface area contributed by atoms with Crippen molar-refractivity contribution in [2.45, 2.75) is 38.1 Å². The second kappa shape index (κ2) is 5.25. The summed E-state index contributed by atoms with van der Waals surface area (Å²) < 4.78 is 11.1. The molecule has 20 heavy (non-hydrogen) atoms. The smallest absolute Gasteiger partial charge is 0.231 e. The third kappa shape index (κ3) is 2.18. The van der Waals surface area contributed by atoms with Crippen molar-refractivity contribution >= 4 is 0 Å². The van der Waals surface area contributed by atoms with Crippen LogP contribution in [0.4, 0.5) is 0 Å². The molecule has 1 aliphatic rings. The molecule has 3 atom stereocenters. The number of benzene rings is 1. The number of nitrogens with two attached hydrogens (primary N) is 1. The quantitative estimate of drug-likeness (QED) is 0.926. The number of hydrogen-bond donors (Lipinski definition) is 1. The standard InChI is InChI=1S/C15H19N3O2/c1-3-10(9(2)16)15-17-14(18-20-15)12-8-19-13-7-5-4-6-11(12)13/h4-7,9-10,12H,3,8,16H2,1-2H3. The molecule has 0 amide bonds. The van der Waals surface area contributed by atoms with E-state index in [1.54, 1.807) is 0 Å². The lowest BCUT2D eigenvalue weighted by molar-refractivity contribution is 0.320. The Hall–Kier alpha value is -1.88. The maximum atomic E-state index is 5.97. The van der Waals surface area contributed by atoms with E-state index in [-0.39, 0.29) is 17.9 Å². The van der Waals surface area contributed by atoms with Gasteiger partial charge in [-0.3, -0.25) is 0 Å². The number of fused-ring (bicyclic) bond motifs is 1. The van der Waals surface area contributed by atoms with Crippen LogP contribution in [0.15, 0.2) is 28.8 Å². The zero-order chi connectivity index (χ0) is 14.1. The zero-order valence-electron chi connectivity index (χ0n) is 11.7. The van der Waals surface area contributed by atoms with Crippen molar-refractivity contribution in [1.29, 1.82) is 0 Å². The summed E-state index contributed by atoms with van der Waals surface area (Å²) in [7, 11) is 0. The van der Waals surface area contributed by atoms with E-state index >= 15 is 0 Å². The van der Waals surface area contributed by atoms with Crippen LogP contribution in [0.25, 0.3) is 0 Å². The predicted octanol–water partition coefficient (Wildman–Crippen LogP) is 2.43. The first-order chi connectivity index (χ1) is 9.70. The van der Waals surface area contributed by atoms with Gasteiger partial charge in [-0.2, -0.15) is 4.98 Å². The molecular weight excluding hydrogens is 254 g/mol. The molecule has 0 fully saturated rings. The van der Waals surface area contributed by atoms with Crippen LogP contribution in [-0.2, 0) is 0 Å². The molecular formula is C15H19N3O2. The molecule has 106 valence electrons. The Labute approximate surface area is 118 Å². The minimum Gasteiger partial charge on any atom is -0.492 e. The molecule has 0 saturated heterocycles. The molecule has 1 aromatic carbocycles. The fraction of sp³-hybridized carbons (Fsp3) is 0.467. The Morgan fingerprint density at radius 2 is 2.20 bits per heavy atom. The molecule has 3 rings (SSSR count). The number of hydrogen-bond acceptors (Lipinski definition) is 5. The summed E-state index contributed by atoms with van der Waals surface area (Å²) in [5.74, 6) is 2.37. The molecule has 5 heteroatoms. The molecule has 0 saturated carbocycles. The Kier molecular flexibility index (Phi) is 3.44. The first kappa shape index (κ1) is 13.1. The molecule has 2 aromatic rings. The highest BCUT2D eigenvalue weighted by molar-refractivity contribution is 5.42. The van der Waals surface area contributed by atoms with E-state index in [2.05, 4.69) is 17.1 Å². The molecule has 0 aliphatic carbocycles. The summed E-state index contributed by atoms with van der Waals surface area (Å²) in [4.78, 5) is 4.55. The highest BCUT2D eigenvalue weighted by Crippen LogP contribution is 2.37. The second-order valence-corrected chi connectivity index (χ2v) is 5.27. The first-order valence-corrected chi connectivity index (χ1v) is 7.01. The highest BCUT2D eigenvalue weighted by atomic mass is 16.5. The van der Waals surface area contributed by atoms with Crippen molar-refractivity contribution in [3.63, 3.8) is 0 Å². The van der Waals surface area contributed by atoms with E-state index < -0.39 is 0 Å². The lowest BCUT2D eigenvalue weighted by Crippen LogP contribution is -2.24. The topological polar surface area (TPSA) is 74.2 Å². The van der Waals surface area contributed by atoms with Crippen molar-refractivity contribution in [1.82, 2.24) is 10.1 Å². The fourth-order valence-electron chi connectivity index (χ4n) is 2.69. The molecule has 5 nitrogen and oxygen atoms in total. The van der Waals surface area contributed by atoms with E-state index in [0.29, 0.717) is 18.3 Å². The van der Waals surface area contributed by atoms with E-state index in [4.69, 9.17) is 15.0 Å². The van der Waals surface area contributed by atoms with Crippen LogP contribution >= 0.6 is 0 Å². The van der Waals surface area contributed by atoms with Crippen LogP contribution in [-0.4, -0.2) is 22.8 Å². The number of aromatic nitrogens is 2. The van der Waals surface area contributed by atoms with Crippen LogP contribution in [0.3, 0.4) is 0 Å². The van der Waals surface area contributed by atoms with Gasteiger partial charge in [0.05, 0.1) is 11.8 Å². The van der Waals surface area contributed by atoms with E-state index in [1.165, 1.54) is 0 Å². The summed E-state index contributed by atoms with van der Waals surface area (Å²) >= 11 is 0. The molecule has 1 aliphatic heterocycles. The SMILES string of the molecule is CCC(c1nc(C2COc3ccccc32)no1)C(C)N. The number of para-hydroxylation sites is 1. The molecule has 3 unspecified atom stereocenters. The van der Waals surface area contributed by atoms with Crippen molar-refractivity contribution < 1.29 is 9.26 Å². The summed E-state index contributed by atoms with van der Waals surface area (Å²) in [6, 6.07) is 7.98. The Bertz CT molecular complexity index is 594. The average molecular weight is 273 g/mol. The maximum absolute atomic E-state index is 5.97. The van der Waals surface area contributed by atoms with Gasteiger partial charge >= 0.3 is 0 Å². The zero-order valence-corrected chi connectivity index (χ0v) is 11.7. The third-order valence-corrected chi connectivity index (χ3v) is 3.86. The van der Waals surface area contributed by atoms with Crippen molar-refractivity contribution in [3.05, 3.63) is 41.5 Å². The lowest BCUT2D eigenvalue weighted by atomic mass is 9.98. The van der Waals surface area contributed by atoms with Gasteiger partial charge in [0.25, 0.3) is 0 Å². The summed E-state index contributed by atoms with van der Waals surface area (Å²) in [5.41, 5.74) is 7.09. The number of rotatable bonds is 4. The largest absolute Gasteiger partial charge is 0.492 e. The van der Waals surface area contributed by atoms with Gasteiger partial charge in [0, 0.05) is 11.6 Å². The van der Waals surface area contributed by atoms with Crippen LogP contribution < -0.4 is 10.5 Å². The molecule has 0 spiro atoms. The Balaban J connectivity index is 1.88. The van der Waals surface area contributed by atoms with Gasteiger partial charge in [-0.15, -0.1) is 0 Å². The summed E-state index contributed by atoms with van der Waals surface area (Å²) in [6.45, 7) is 4.60. The molecule has 0 bridgehead atoms. The highest BCUT2D eigenvalue weighted by Gasteiger charge is 2.31. The van der Waals surface area contributed by atoms with Crippen molar-refractivity contribution in [2.24, 2.45) is 5.73 Å². The fourth-order valence-corrected chi connectivity index (χ4v) is 2.69. The molecule has 2 heterocycles. The number of ether oxygens (including phenoxy) is 1. The van der Waals surface area contributed by atoms with Crippen LogP contribution in [0.1, 0.15) is 49.4 Å². The lowest BCUT2D eigenvalue weighted by Gasteiger charge is -2.13. The molecule has 1 aromatic heterocycles. The van der Waals surface area contributed by atoms with Gasteiger partial charge in [-0.25, -0.2) is 0 Å². The van der Waals surface area contributed by atoms with Gasteiger partial charge in [0.2, 0.25) is 5.89 Å².